The van der Waals surface area contributed by atoms with E-state index in [9.17, 15) is 10.5 Å². The van der Waals surface area contributed by atoms with E-state index in [2.05, 4.69) is 113 Å². The Morgan fingerprint density at radius 3 is 1.48 bits per heavy atom. The third kappa shape index (κ3) is 4.44. The zero-order valence-electron chi connectivity index (χ0n) is 24.5. The second-order valence-corrected chi connectivity index (χ2v) is 11.1. The van der Waals surface area contributed by atoms with E-state index in [0.717, 1.165) is 71.4 Å². The molecule has 3 aromatic heterocycles. The molecule has 8 rings (SSSR count). The molecule has 0 aliphatic heterocycles. The van der Waals surface area contributed by atoms with E-state index in [1.165, 1.54) is 5.56 Å². The first-order valence-corrected chi connectivity index (χ1v) is 14.9. The van der Waals surface area contributed by atoms with Crippen LogP contribution < -0.4 is 0 Å². The number of fused-ring (bicyclic) bond motifs is 3. The molecular formula is C41H23N5. The standard InChI is InChI=1S/C41H23N5/c42-19-26-17-29(23-44-21-26)31-14-15-38(33-8-2-1-7-32(31)33)41-36-11-5-3-9-34(36)40(35-10-4-6-12-37(35)41)28-13-16-39(46-25-28)30-18-27(20-43)22-45-24-30/h1-18,21-25H. The molecule has 0 radical (unpaired) electrons. The first kappa shape index (κ1) is 26.9. The van der Waals surface area contributed by atoms with Crippen LogP contribution in [0.25, 0.3) is 77.0 Å². The van der Waals surface area contributed by atoms with Crippen molar-refractivity contribution >= 4 is 32.3 Å². The van der Waals surface area contributed by atoms with E-state index in [0.29, 0.717) is 11.1 Å². The average Bonchev–Trinajstić information content (AvgIpc) is 3.13. The molecule has 8 aromatic rings. The van der Waals surface area contributed by atoms with Gasteiger partial charge in [0.25, 0.3) is 0 Å². The van der Waals surface area contributed by atoms with Gasteiger partial charge in [0.15, 0.2) is 0 Å². The maximum atomic E-state index is 9.50. The van der Waals surface area contributed by atoms with Crippen LogP contribution in [0.15, 0.2) is 140 Å². The summed E-state index contributed by atoms with van der Waals surface area (Å²) in [5.74, 6) is 0. The highest BCUT2D eigenvalue weighted by Crippen LogP contribution is 2.46. The molecular weight excluding hydrogens is 562 g/mol. The highest BCUT2D eigenvalue weighted by molar-refractivity contribution is 6.24. The Hall–Kier alpha value is -6.69. The second kappa shape index (κ2) is 11.1. The number of aromatic nitrogens is 3. The van der Waals surface area contributed by atoms with Crippen LogP contribution in [0.2, 0.25) is 0 Å². The van der Waals surface area contributed by atoms with Crippen molar-refractivity contribution in [3.8, 4) is 56.8 Å². The minimum absolute atomic E-state index is 0.504. The summed E-state index contributed by atoms with van der Waals surface area (Å²) in [6.07, 6.45) is 8.60. The van der Waals surface area contributed by atoms with Gasteiger partial charge in [-0.25, -0.2) is 0 Å². The molecule has 0 saturated carbocycles. The summed E-state index contributed by atoms with van der Waals surface area (Å²) in [6, 6.07) is 42.1. The van der Waals surface area contributed by atoms with Crippen molar-refractivity contribution in [3.05, 3.63) is 151 Å². The van der Waals surface area contributed by atoms with Crippen LogP contribution in [0, 0.1) is 22.7 Å². The van der Waals surface area contributed by atoms with Crippen molar-refractivity contribution in [1.29, 1.82) is 10.5 Å². The lowest BCUT2D eigenvalue weighted by Gasteiger charge is -2.19. The number of hydrogen-bond donors (Lipinski definition) is 0. The van der Waals surface area contributed by atoms with Gasteiger partial charge in [-0.2, -0.15) is 10.5 Å². The van der Waals surface area contributed by atoms with Crippen molar-refractivity contribution < 1.29 is 0 Å². The topological polar surface area (TPSA) is 86.2 Å². The van der Waals surface area contributed by atoms with E-state index in [-0.39, 0.29) is 0 Å². The number of benzene rings is 5. The molecule has 212 valence electrons. The number of hydrogen-bond acceptors (Lipinski definition) is 5. The number of nitrogens with zero attached hydrogens (tertiary/aromatic N) is 5. The lowest BCUT2D eigenvalue weighted by atomic mass is 9.84. The van der Waals surface area contributed by atoms with Gasteiger partial charge in [-0.3, -0.25) is 15.0 Å². The molecule has 5 heteroatoms. The van der Waals surface area contributed by atoms with Crippen LogP contribution in [0.3, 0.4) is 0 Å². The molecule has 5 aromatic carbocycles. The largest absolute Gasteiger partial charge is 0.263 e. The van der Waals surface area contributed by atoms with Gasteiger partial charge in [0, 0.05) is 47.7 Å². The van der Waals surface area contributed by atoms with Crippen molar-refractivity contribution in [3.63, 3.8) is 0 Å². The molecule has 0 spiro atoms. The molecule has 3 heterocycles. The van der Waals surface area contributed by atoms with Crippen LogP contribution in [0.1, 0.15) is 11.1 Å². The van der Waals surface area contributed by atoms with Crippen LogP contribution in [0.4, 0.5) is 0 Å². The van der Waals surface area contributed by atoms with Gasteiger partial charge >= 0.3 is 0 Å². The molecule has 0 bridgehead atoms. The smallest absolute Gasteiger partial charge is 0.101 e. The number of rotatable bonds is 4. The van der Waals surface area contributed by atoms with Crippen molar-refractivity contribution in [2.75, 3.05) is 0 Å². The fourth-order valence-corrected chi connectivity index (χ4v) is 6.50. The molecule has 0 saturated heterocycles. The highest BCUT2D eigenvalue weighted by atomic mass is 14.7. The van der Waals surface area contributed by atoms with Crippen LogP contribution in [-0.4, -0.2) is 15.0 Å². The van der Waals surface area contributed by atoms with Crippen LogP contribution in [0.5, 0.6) is 0 Å². The first-order valence-electron chi connectivity index (χ1n) is 14.9. The van der Waals surface area contributed by atoms with Crippen molar-refractivity contribution in [2.24, 2.45) is 0 Å². The summed E-state index contributed by atoms with van der Waals surface area (Å²) in [4.78, 5) is 13.3. The number of pyridine rings is 3. The zero-order chi connectivity index (χ0) is 31.0. The van der Waals surface area contributed by atoms with Gasteiger partial charge in [-0.1, -0.05) is 91.0 Å². The van der Waals surface area contributed by atoms with E-state index in [1.54, 1.807) is 24.7 Å². The maximum absolute atomic E-state index is 9.50. The van der Waals surface area contributed by atoms with Gasteiger partial charge in [-0.05, 0) is 72.8 Å². The molecule has 0 fully saturated rings. The van der Waals surface area contributed by atoms with Gasteiger partial charge in [0.2, 0.25) is 0 Å². The third-order valence-electron chi connectivity index (χ3n) is 8.52. The summed E-state index contributed by atoms with van der Waals surface area (Å²) in [6.45, 7) is 0. The summed E-state index contributed by atoms with van der Waals surface area (Å²) in [7, 11) is 0. The Balaban J connectivity index is 1.37. The molecule has 0 aliphatic carbocycles. The second-order valence-electron chi connectivity index (χ2n) is 11.1. The predicted octanol–water partition coefficient (Wildman–Crippen LogP) is 9.74. The molecule has 0 amide bonds. The quantitative estimate of drug-likeness (QED) is 0.192. The normalized spacial score (nSPS) is 11.0. The lowest BCUT2D eigenvalue weighted by molar-refractivity contribution is 1.26. The van der Waals surface area contributed by atoms with E-state index in [1.807, 2.05) is 24.5 Å². The van der Waals surface area contributed by atoms with Gasteiger partial charge in [-0.15, -0.1) is 0 Å². The molecule has 0 atom stereocenters. The Labute approximate surface area is 265 Å². The first-order chi connectivity index (χ1) is 22.7. The summed E-state index contributed by atoms with van der Waals surface area (Å²) in [5, 5.41) is 25.6. The average molecular weight is 586 g/mol. The van der Waals surface area contributed by atoms with E-state index >= 15 is 0 Å². The lowest BCUT2D eigenvalue weighted by Crippen LogP contribution is -1.93. The maximum Gasteiger partial charge on any atom is 0.101 e. The van der Waals surface area contributed by atoms with Crippen LogP contribution in [-0.2, 0) is 0 Å². The minimum Gasteiger partial charge on any atom is -0.263 e. The molecule has 5 nitrogen and oxygen atoms in total. The monoisotopic (exact) mass is 585 g/mol. The Morgan fingerprint density at radius 2 is 0.913 bits per heavy atom. The Morgan fingerprint density at radius 1 is 0.413 bits per heavy atom. The molecule has 46 heavy (non-hydrogen) atoms. The summed E-state index contributed by atoms with van der Waals surface area (Å²) in [5.41, 5.74) is 9.01. The van der Waals surface area contributed by atoms with E-state index < -0.39 is 0 Å². The Bertz CT molecular complexity index is 2500. The fourth-order valence-electron chi connectivity index (χ4n) is 6.50. The van der Waals surface area contributed by atoms with Gasteiger partial charge in [0.1, 0.15) is 12.1 Å². The predicted molar refractivity (Wildman–Crippen MR) is 184 cm³/mol. The van der Waals surface area contributed by atoms with Gasteiger partial charge in [0.05, 0.1) is 16.8 Å². The molecule has 0 N–H and O–H groups in total. The Kier molecular flexibility index (Phi) is 6.49. The summed E-state index contributed by atoms with van der Waals surface area (Å²) < 4.78 is 0. The minimum atomic E-state index is 0.504. The number of nitriles is 2. The van der Waals surface area contributed by atoms with E-state index in [4.69, 9.17) is 4.98 Å². The fraction of sp³-hybridized carbons (Fsp3) is 0. The van der Waals surface area contributed by atoms with Crippen molar-refractivity contribution in [2.45, 2.75) is 0 Å². The zero-order valence-corrected chi connectivity index (χ0v) is 24.5. The third-order valence-corrected chi connectivity index (χ3v) is 8.52. The van der Waals surface area contributed by atoms with Crippen molar-refractivity contribution in [1.82, 2.24) is 15.0 Å². The highest BCUT2D eigenvalue weighted by Gasteiger charge is 2.19. The molecule has 0 aliphatic rings. The SMILES string of the molecule is N#Cc1cncc(-c2ccc(-c3c4ccccc4c(-c4ccc(-c5cncc(C#N)c5)c5ccccc45)c4ccccc34)cn2)c1. The molecule has 0 unspecified atom stereocenters. The van der Waals surface area contributed by atoms with Gasteiger partial charge < -0.3 is 0 Å². The summed E-state index contributed by atoms with van der Waals surface area (Å²) >= 11 is 0. The van der Waals surface area contributed by atoms with Crippen LogP contribution >= 0.6 is 0 Å².